The Morgan fingerprint density at radius 2 is 2.16 bits per heavy atom. The molecule has 2 rings (SSSR count). The molecule has 0 spiro atoms. The fourth-order valence-corrected chi connectivity index (χ4v) is 2.19. The fourth-order valence-electron chi connectivity index (χ4n) is 2.19. The minimum atomic E-state index is -0.426. The summed E-state index contributed by atoms with van der Waals surface area (Å²) in [4.78, 5) is 24.8. The lowest BCUT2D eigenvalue weighted by Crippen LogP contribution is -2.43. The molecular formula is C14H19N3O2. The summed E-state index contributed by atoms with van der Waals surface area (Å²) in [5.41, 5.74) is 3.19. The van der Waals surface area contributed by atoms with Crippen LogP contribution in [0.1, 0.15) is 18.1 Å². The zero-order valence-electron chi connectivity index (χ0n) is 11.5. The lowest BCUT2D eigenvalue weighted by Gasteiger charge is -2.20. The molecule has 0 unspecified atom stereocenters. The summed E-state index contributed by atoms with van der Waals surface area (Å²) >= 11 is 0. The maximum absolute atomic E-state index is 12.1. The van der Waals surface area contributed by atoms with Crippen molar-refractivity contribution in [3.8, 4) is 0 Å². The van der Waals surface area contributed by atoms with Gasteiger partial charge in [-0.1, -0.05) is 17.7 Å². The first kappa shape index (κ1) is 13.4. The van der Waals surface area contributed by atoms with Gasteiger partial charge in [-0.2, -0.15) is 0 Å². The van der Waals surface area contributed by atoms with Crippen molar-refractivity contribution in [1.29, 1.82) is 0 Å². The van der Waals surface area contributed by atoms with Crippen LogP contribution in [-0.2, 0) is 4.79 Å². The standard InChI is InChI=1S/C14H19N3O2/c1-9-4-5-12(10(2)8-9)16-11(3)13(18)17-7-6-15-14(17)19/h4-5,8,11,16H,6-7H2,1-3H3,(H,15,19)/t11-/m1/s1. The SMILES string of the molecule is Cc1ccc(N[C@H](C)C(=O)N2CCNC2=O)c(C)c1. The zero-order valence-corrected chi connectivity index (χ0v) is 11.5. The number of anilines is 1. The number of aryl methyl sites for hydroxylation is 2. The second kappa shape index (κ2) is 5.30. The number of amides is 3. The van der Waals surface area contributed by atoms with E-state index in [0.717, 1.165) is 11.3 Å². The molecule has 102 valence electrons. The van der Waals surface area contributed by atoms with E-state index in [0.29, 0.717) is 13.1 Å². The molecule has 1 atom stereocenters. The average molecular weight is 261 g/mol. The van der Waals surface area contributed by atoms with E-state index in [2.05, 4.69) is 16.7 Å². The van der Waals surface area contributed by atoms with Crippen LogP contribution in [-0.4, -0.2) is 36.0 Å². The van der Waals surface area contributed by atoms with Crippen LogP contribution in [0.5, 0.6) is 0 Å². The predicted octanol–water partition coefficient (Wildman–Crippen LogP) is 1.66. The van der Waals surface area contributed by atoms with Gasteiger partial charge < -0.3 is 10.6 Å². The molecule has 1 aromatic rings. The molecule has 0 saturated carbocycles. The minimum Gasteiger partial charge on any atom is -0.374 e. The Labute approximate surface area is 113 Å². The minimum absolute atomic E-state index is 0.199. The van der Waals surface area contributed by atoms with Gasteiger partial charge in [0.2, 0.25) is 0 Å². The Balaban J connectivity index is 2.06. The van der Waals surface area contributed by atoms with Crippen molar-refractivity contribution in [3.05, 3.63) is 29.3 Å². The van der Waals surface area contributed by atoms with Crippen LogP contribution in [0.4, 0.5) is 10.5 Å². The number of imide groups is 1. The number of urea groups is 1. The first-order valence-corrected chi connectivity index (χ1v) is 6.42. The highest BCUT2D eigenvalue weighted by Gasteiger charge is 2.29. The van der Waals surface area contributed by atoms with Gasteiger partial charge in [-0.3, -0.25) is 9.69 Å². The van der Waals surface area contributed by atoms with Gasteiger partial charge in [0.25, 0.3) is 5.91 Å². The first-order chi connectivity index (χ1) is 8.99. The number of benzene rings is 1. The third-order valence-corrected chi connectivity index (χ3v) is 3.25. The molecule has 3 amide bonds. The zero-order chi connectivity index (χ0) is 14.0. The van der Waals surface area contributed by atoms with E-state index >= 15 is 0 Å². The maximum atomic E-state index is 12.1. The quantitative estimate of drug-likeness (QED) is 0.869. The van der Waals surface area contributed by atoms with Gasteiger partial charge in [0.15, 0.2) is 0 Å². The summed E-state index contributed by atoms with van der Waals surface area (Å²) in [6.07, 6.45) is 0. The van der Waals surface area contributed by atoms with Crippen LogP contribution in [0, 0.1) is 13.8 Å². The monoisotopic (exact) mass is 261 g/mol. The van der Waals surface area contributed by atoms with E-state index in [4.69, 9.17) is 0 Å². The second-order valence-electron chi connectivity index (χ2n) is 4.91. The van der Waals surface area contributed by atoms with Crippen molar-refractivity contribution < 1.29 is 9.59 Å². The molecule has 19 heavy (non-hydrogen) atoms. The lowest BCUT2D eigenvalue weighted by atomic mass is 10.1. The molecule has 5 heteroatoms. The van der Waals surface area contributed by atoms with Crippen LogP contribution in [0.2, 0.25) is 0 Å². The van der Waals surface area contributed by atoms with Gasteiger partial charge in [-0.05, 0) is 32.4 Å². The van der Waals surface area contributed by atoms with Crippen molar-refractivity contribution in [2.24, 2.45) is 0 Å². The Morgan fingerprint density at radius 1 is 1.42 bits per heavy atom. The van der Waals surface area contributed by atoms with Gasteiger partial charge >= 0.3 is 6.03 Å². The van der Waals surface area contributed by atoms with Crippen LogP contribution < -0.4 is 10.6 Å². The Bertz CT molecular complexity index is 513. The average Bonchev–Trinajstić information content (AvgIpc) is 2.78. The van der Waals surface area contributed by atoms with Crippen molar-refractivity contribution in [1.82, 2.24) is 10.2 Å². The Hall–Kier alpha value is -2.04. The molecule has 1 saturated heterocycles. The van der Waals surface area contributed by atoms with E-state index in [-0.39, 0.29) is 11.9 Å². The Morgan fingerprint density at radius 3 is 2.74 bits per heavy atom. The topological polar surface area (TPSA) is 61.4 Å². The normalized spacial score (nSPS) is 16.2. The highest BCUT2D eigenvalue weighted by atomic mass is 16.2. The van der Waals surface area contributed by atoms with Crippen LogP contribution in [0.25, 0.3) is 0 Å². The number of carbonyl (C=O) groups is 2. The van der Waals surface area contributed by atoms with Crippen LogP contribution >= 0.6 is 0 Å². The van der Waals surface area contributed by atoms with Gasteiger partial charge in [0.1, 0.15) is 6.04 Å². The third-order valence-electron chi connectivity index (χ3n) is 3.25. The van der Waals surface area contributed by atoms with Crippen molar-refractivity contribution >= 4 is 17.6 Å². The summed E-state index contributed by atoms with van der Waals surface area (Å²) in [5.74, 6) is -0.199. The number of nitrogens with zero attached hydrogens (tertiary/aromatic N) is 1. The predicted molar refractivity (Wildman–Crippen MR) is 74.1 cm³/mol. The molecule has 0 aromatic heterocycles. The molecular weight excluding hydrogens is 242 g/mol. The summed E-state index contributed by atoms with van der Waals surface area (Å²) in [6.45, 7) is 6.76. The second-order valence-corrected chi connectivity index (χ2v) is 4.91. The van der Waals surface area contributed by atoms with E-state index < -0.39 is 6.04 Å². The molecule has 5 nitrogen and oxygen atoms in total. The number of nitrogens with one attached hydrogen (secondary N) is 2. The number of hydrogen-bond acceptors (Lipinski definition) is 3. The largest absolute Gasteiger partial charge is 0.374 e. The maximum Gasteiger partial charge on any atom is 0.324 e. The van der Waals surface area contributed by atoms with Gasteiger partial charge in [0, 0.05) is 18.8 Å². The van der Waals surface area contributed by atoms with Gasteiger partial charge in [0.05, 0.1) is 0 Å². The summed E-state index contributed by atoms with van der Waals surface area (Å²) in [5, 5.41) is 5.79. The molecule has 1 heterocycles. The molecule has 1 aliphatic heterocycles. The molecule has 0 radical (unpaired) electrons. The van der Waals surface area contributed by atoms with E-state index in [1.165, 1.54) is 10.5 Å². The molecule has 0 aliphatic carbocycles. The summed E-state index contributed by atoms with van der Waals surface area (Å²) < 4.78 is 0. The summed E-state index contributed by atoms with van der Waals surface area (Å²) in [6, 6.07) is 5.28. The van der Waals surface area contributed by atoms with E-state index in [1.54, 1.807) is 6.92 Å². The highest BCUT2D eigenvalue weighted by Crippen LogP contribution is 2.17. The fraction of sp³-hybridized carbons (Fsp3) is 0.429. The number of carbonyl (C=O) groups excluding carboxylic acids is 2. The molecule has 1 fully saturated rings. The van der Waals surface area contributed by atoms with Crippen LogP contribution in [0.3, 0.4) is 0 Å². The van der Waals surface area contributed by atoms with Crippen molar-refractivity contribution in [3.63, 3.8) is 0 Å². The molecule has 1 aliphatic rings. The number of rotatable bonds is 3. The highest BCUT2D eigenvalue weighted by molar-refractivity contribution is 5.99. The van der Waals surface area contributed by atoms with Crippen molar-refractivity contribution in [2.45, 2.75) is 26.8 Å². The molecule has 1 aromatic carbocycles. The Kier molecular flexibility index (Phi) is 3.74. The number of hydrogen-bond donors (Lipinski definition) is 2. The van der Waals surface area contributed by atoms with Crippen molar-refractivity contribution in [2.75, 3.05) is 18.4 Å². The van der Waals surface area contributed by atoms with Gasteiger partial charge in [-0.15, -0.1) is 0 Å². The van der Waals surface area contributed by atoms with E-state index in [1.807, 2.05) is 26.0 Å². The van der Waals surface area contributed by atoms with Crippen LogP contribution in [0.15, 0.2) is 18.2 Å². The lowest BCUT2D eigenvalue weighted by molar-refractivity contribution is -0.128. The molecule has 0 bridgehead atoms. The first-order valence-electron chi connectivity index (χ1n) is 6.42. The molecule has 2 N–H and O–H groups in total. The summed E-state index contributed by atoms with van der Waals surface area (Å²) in [7, 11) is 0. The van der Waals surface area contributed by atoms with E-state index in [9.17, 15) is 9.59 Å². The van der Waals surface area contributed by atoms with Gasteiger partial charge in [-0.25, -0.2) is 4.79 Å². The smallest absolute Gasteiger partial charge is 0.324 e. The third kappa shape index (κ3) is 2.86.